The minimum absolute atomic E-state index is 1.04. The third kappa shape index (κ3) is 3.21. The van der Waals surface area contributed by atoms with Crippen LogP contribution in [0.5, 0.6) is 0 Å². The van der Waals surface area contributed by atoms with E-state index in [0.29, 0.717) is 0 Å². The van der Waals surface area contributed by atoms with Gasteiger partial charge in [-0.25, -0.2) is 0 Å². The molecule has 0 radical (unpaired) electrons. The molecule has 0 aliphatic carbocycles. The fourth-order valence-electron chi connectivity index (χ4n) is 0.845. The lowest BCUT2D eigenvalue weighted by molar-refractivity contribution is 0.587. The average molecular weight is 154 g/mol. The molecule has 0 atom stereocenters. The molecule has 0 unspecified atom stereocenters. The van der Waals surface area contributed by atoms with E-state index in [4.69, 9.17) is 0 Å². The molecule has 64 valence electrons. The van der Waals surface area contributed by atoms with Crippen LogP contribution < -0.4 is 0 Å². The molecular formula is C9H18N2. The second-order valence-electron chi connectivity index (χ2n) is 2.20. The smallest absolute Gasteiger partial charge is 0.0492 e. The topological polar surface area (TPSA) is 17.8 Å². The molecule has 0 N–H and O–H groups in total. The van der Waals surface area contributed by atoms with Gasteiger partial charge in [0.25, 0.3) is 0 Å². The van der Waals surface area contributed by atoms with Gasteiger partial charge in [0.15, 0.2) is 0 Å². The van der Waals surface area contributed by atoms with Crippen molar-refractivity contribution >= 4 is 0 Å². The van der Waals surface area contributed by atoms with E-state index in [1.54, 1.807) is 0 Å². The second kappa shape index (κ2) is 5.96. The Morgan fingerprint density at radius 3 is 2.45 bits per heavy atom. The number of rotatable bonds is 2. The van der Waals surface area contributed by atoms with Crippen LogP contribution in [0.1, 0.15) is 32.9 Å². The summed E-state index contributed by atoms with van der Waals surface area (Å²) >= 11 is 0. The van der Waals surface area contributed by atoms with Crippen molar-refractivity contribution in [3.8, 4) is 0 Å². The molecule has 0 aliphatic rings. The van der Waals surface area contributed by atoms with Gasteiger partial charge >= 0.3 is 0 Å². The first-order valence-corrected chi connectivity index (χ1v) is 4.33. The van der Waals surface area contributed by atoms with Crippen LogP contribution in [0.2, 0.25) is 0 Å². The zero-order valence-electron chi connectivity index (χ0n) is 7.96. The zero-order chi connectivity index (χ0) is 8.69. The van der Waals surface area contributed by atoms with Crippen molar-refractivity contribution in [2.24, 2.45) is 0 Å². The van der Waals surface area contributed by atoms with Crippen LogP contribution in [0.25, 0.3) is 0 Å². The highest BCUT2D eigenvalue weighted by Crippen LogP contribution is 1.95. The average Bonchev–Trinajstić information content (AvgIpc) is 2.42. The summed E-state index contributed by atoms with van der Waals surface area (Å²) in [5.41, 5.74) is 1.25. The monoisotopic (exact) mass is 154 g/mol. The molecule has 0 bridgehead atoms. The quantitative estimate of drug-likeness (QED) is 0.640. The summed E-state index contributed by atoms with van der Waals surface area (Å²) in [6.07, 6.45) is 2.99. The molecule has 1 heterocycles. The number of nitrogens with zero attached hydrogens (tertiary/aromatic N) is 2. The van der Waals surface area contributed by atoms with E-state index in [1.807, 2.05) is 30.8 Å². The van der Waals surface area contributed by atoms with Crippen molar-refractivity contribution in [1.29, 1.82) is 0 Å². The molecule has 2 heteroatoms. The third-order valence-corrected chi connectivity index (χ3v) is 1.36. The van der Waals surface area contributed by atoms with Gasteiger partial charge < -0.3 is 0 Å². The van der Waals surface area contributed by atoms with Crippen LogP contribution in [0.3, 0.4) is 0 Å². The zero-order valence-corrected chi connectivity index (χ0v) is 7.96. The van der Waals surface area contributed by atoms with Gasteiger partial charge in [0.2, 0.25) is 0 Å². The predicted octanol–water partition coefficient (Wildman–Crippen LogP) is 2.63. The number of hydrogen-bond donors (Lipinski definition) is 0. The number of aryl methyl sites for hydroxylation is 2. The van der Waals surface area contributed by atoms with Gasteiger partial charge in [-0.3, -0.25) is 4.68 Å². The van der Waals surface area contributed by atoms with Crippen LogP contribution in [-0.2, 0) is 6.54 Å². The molecule has 0 saturated heterocycles. The van der Waals surface area contributed by atoms with E-state index < -0.39 is 0 Å². The molecular weight excluding hydrogens is 136 g/mol. The minimum Gasteiger partial charge on any atom is -0.270 e. The van der Waals surface area contributed by atoms with Crippen LogP contribution in [0.15, 0.2) is 12.3 Å². The Balaban J connectivity index is 0.000000461. The first kappa shape index (κ1) is 10.2. The maximum Gasteiger partial charge on any atom is 0.0492 e. The Morgan fingerprint density at radius 2 is 2.09 bits per heavy atom. The maximum absolute atomic E-state index is 4.12. The van der Waals surface area contributed by atoms with Gasteiger partial charge in [-0.1, -0.05) is 20.8 Å². The Labute approximate surface area is 69.2 Å². The molecule has 0 aromatic carbocycles. The maximum atomic E-state index is 4.12. The molecule has 0 aliphatic heterocycles. The molecule has 2 nitrogen and oxygen atoms in total. The highest BCUT2D eigenvalue weighted by atomic mass is 15.3. The van der Waals surface area contributed by atoms with Crippen LogP contribution in [-0.4, -0.2) is 9.78 Å². The summed E-state index contributed by atoms with van der Waals surface area (Å²) in [6, 6.07) is 2.02. The molecule has 0 fully saturated rings. The SMILES string of the molecule is CC.CCCn1nccc1C. The largest absolute Gasteiger partial charge is 0.270 e. The van der Waals surface area contributed by atoms with Crippen molar-refractivity contribution in [2.75, 3.05) is 0 Å². The summed E-state index contributed by atoms with van der Waals surface area (Å²) in [7, 11) is 0. The first-order chi connectivity index (χ1) is 5.34. The van der Waals surface area contributed by atoms with E-state index >= 15 is 0 Å². The van der Waals surface area contributed by atoms with Crippen molar-refractivity contribution in [1.82, 2.24) is 9.78 Å². The fourth-order valence-corrected chi connectivity index (χ4v) is 0.845. The van der Waals surface area contributed by atoms with Gasteiger partial charge in [0, 0.05) is 18.4 Å². The first-order valence-electron chi connectivity index (χ1n) is 4.33. The minimum atomic E-state index is 1.04. The Kier molecular flexibility index (Phi) is 5.53. The molecule has 0 spiro atoms. The molecule has 11 heavy (non-hydrogen) atoms. The van der Waals surface area contributed by atoms with Crippen molar-refractivity contribution < 1.29 is 0 Å². The fraction of sp³-hybridized carbons (Fsp3) is 0.667. The summed E-state index contributed by atoms with van der Waals surface area (Å²) in [5, 5.41) is 4.12. The van der Waals surface area contributed by atoms with E-state index in [9.17, 15) is 0 Å². The highest BCUT2D eigenvalue weighted by Gasteiger charge is 1.91. The van der Waals surface area contributed by atoms with E-state index in [1.165, 1.54) is 5.69 Å². The summed E-state index contributed by atoms with van der Waals surface area (Å²) < 4.78 is 2.01. The van der Waals surface area contributed by atoms with Crippen LogP contribution >= 0.6 is 0 Å². The Bertz CT molecular complexity index is 179. The van der Waals surface area contributed by atoms with E-state index in [2.05, 4.69) is 18.9 Å². The molecule has 1 aromatic heterocycles. The number of hydrogen-bond acceptors (Lipinski definition) is 1. The van der Waals surface area contributed by atoms with Gasteiger partial charge in [0.1, 0.15) is 0 Å². The summed E-state index contributed by atoms with van der Waals surface area (Å²) in [5.74, 6) is 0. The lowest BCUT2D eigenvalue weighted by atomic mass is 10.4. The normalized spacial score (nSPS) is 8.73. The Hall–Kier alpha value is -0.790. The van der Waals surface area contributed by atoms with Crippen molar-refractivity contribution in [3.05, 3.63) is 18.0 Å². The second-order valence-corrected chi connectivity index (χ2v) is 2.20. The molecule has 1 rings (SSSR count). The summed E-state index contributed by atoms with van der Waals surface area (Å²) in [6.45, 7) is 9.27. The lowest BCUT2D eigenvalue weighted by Gasteiger charge is -1.98. The van der Waals surface area contributed by atoms with Gasteiger partial charge in [0.05, 0.1) is 0 Å². The highest BCUT2D eigenvalue weighted by molar-refractivity contribution is 4.95. The summed E-state index contributed by atoms with van der Waals surface area (Å²) in [4.78, 5) is 0. The van der Waals surface area contributed by atoms with Crippen molar-refractivity contribution in [3.63, 3.8) is 0 Å². The van der Waals surface area contributed by atoms with Gasteiger partial charge in [-0.2, -0.15) is 5.10 Å². The number of aromatic nitrogens is 2. The molecule has 1 aromatic rings. The molecule has 0 amide bonds. The lowest BCUT2D eigenvalue weighted by Crippen LogP contribution is -1.99. The van der Waals surface area contributed by atoms with Crippen molar-refractivity contribution in [2.45, 2.75) is 40.7 Å². The predicted molar refractivity (Wildman–Crippen MR) is 48.6 cm³/mol. The van der Waals surface area contributed by atoms with E-state index in [0.717, 1.165) is 13.0 Å². The third-order valence-electron chi connectivity index (χ3n) is 1.36. The van der Waals surface area contributed by atoms with Gasteiger partial charge in [-0.15, -0.1) is 0 Å². The van der Waals surface area contributed by atoms with Crippen LogP contribution in [0.4, 0.5) is 0 Å². The van der Waals surface area contributed by atoms with Crippen LogP contribution in [0, 0.1) is 6.92 Å². The Morgan fingerprint density at radius 1 is 1.45 bits per heavy atom. The van der Waals surface area contributed by atoms with Gasteiger partial charge in [-0.05, 0) is 19.4 Å². The molecule has 0 saturated carbocycles. The van der Waals surface area contributed by atoms with E-state index in [-0.39, 0.29) is 0 Å². The standard InChI is InChI=1S/C7H12N2.C2H6/c1-3-6-9-7(2)4-5-8-9;1-2/h4-5H,3,6H2,1-2H3;1-2H3.